The van der Waals surface area contributed by atoms with Crippen molar-refractivity contribution in [1.82, 2.24) is 0 Å². The molecule has 19 heavy (non-hydrogen) atoms. The number of hydrogen-bond donors (Lipinski definition) is 2. The van der Waals surface area contributed by atoms with Crippen molar-refractivity contribution in [2.24, 2.45) is 17.6 Å². The monoisotopic (exact) mass is 262 g/mol. The lowest BCUT2D eigenvalue weighted by Crippen LogP contribution is -2.28. The Labute approximate surface area is 114 Å². The molecule has 1 heterocycles. The topological polar surface area (TPSA) is 66.6 Å². The Morgan fingerprint density at radius 1 is 1.42 bits per heavy atom. The molecule has 2 unspecified atom stereocenters. The maximum atomic E-state index is 11.7. The maximum absolute atomic E-state index is 11.7. The van der Waals surface area contributed by atoms with E-state index in [1.807, 2.05) is 18.2 Å². The molecule has 1 aromatic carbocycles. The number of nitrogens with zero attached hydrogens (tertiary/aromatic N) is 1. The Hall–Kier alpha value is -1.39. The third-order valence-electron chi connectivity index (χ3n) is 4.09. The van der Waals surface area contributed by atoms with Crippen LogP contribution < -0.4 is 10.6 Å². The number of aliphatic hydroxyl groups excluding tert-OH is 1. The average molecular weight is 262 g/mol. The largest absolute Gasteiger partial charge is 0.396 e. The van der Waals surface area contributed by atoms with Gasteiger partial charge in [0, 0.05) is 31.3 Å². The molecule has 4 nitrogen and oxygen atoms in total. The lowest BCUT2D eigenvalue weighted by atomic mass is 9.85. The first-order chi connectivity index (χ1) is 8.95. The Bertz CT molecular complexity index is 485. The zero-order valence-corrected chi connectivity index (χ0v) is 11.8. The van der Waals surface area contributed by atoms with Crippen LogP contribution in [0.25, 0.3) is 0 Å². The zero-order valence-electron chi connectivity index (χ0n) is 11.8. The number of likely N-dealkylation sites (N-methyl/N-ethyl adjacent to an activating group) is 1. The summed E-state index contributed by atoms with van der Waals surface area (Å²) in [7, 11) is 1.79. The van der Waals surface area contributed by atoms with Crippen molar-refractivity contribution in [3.05, 3.63) is 29.3 Å². The molecule has 0 bridgehead atoms. The first-order valence-electron chi connectivity index (χ1n) is 6.71. The standard InChI is InChI=1S/C15H22N2O2/c1-9(2)12(8-18)15(16)10-4-5-13-11(6-10)7-14(19)17(13)3/h4-6,9,12,15,18H,7-8,16H2,1-3H3. The van der Waals surface area contributed by atoms with E-state index in [0.29, 0.717) is 12.3 Å². The summed E-state index contributed by atoms with van der Waals surface area (Å²) in [5, 5.41) is 9.46. The molecule has 4 heteroatoms. The molecular formula is C15H22N2O2. The van der Waals surface area contributed by atoms with Crippen molar-refractivity contribution in [3.8, 4) is 0 Å². The minimum Gasteiger partial charge on any atom is -0.396 e. The lowest BCUT2D eigenvalue weighted by molar-refractivity contribution is -0.117. The number of rotatable bonds is 4. The Kier molecular flexibility index (Phi) is 3.92. The van der Waals surface area contributed by atoms with Crippen molar-refractivity contribution >= 4 is 11.6 Å². The van der Waals surface area contributed by atoms with Crippen LogP contribution in [0, 0.1) is 11.8 Å². The second kappa shape index (κ2) is 5.31. The fourth-order valence-electron chi connectivity index (χ4n) is 2.68. The third kappa shape index (κ3) is 2.51. The number of hydrogen-bond acceptors (Lipinski definition) is 3. The molecule has 1 aliphatic heterocycles. The molecule has 104 valence electrons. The van der Waals surface area contributed by atoms with Crippen molar-refractivity contribution in [1.29, 1.82) is 0 Å². The fourth-order valence-corrected chi connectivity index (χ4v) is 2.68. The van der Waals surface area contributed by atoms with E-state index in [4.69, 9.17) is 5.73 Å². The van der Waals surface area contributed by atoms with Crippen LogP contribution in [-0.2, 0) is 11.2 Å². The normalized spacial score (nSPS) is 17.8. The second-order valence-electron chi connectivity index (χ2n) is 5.63. The van der Waals surface area contributed by atoms with Crippen LogP contribution in [0.15, 0.2) is 18.2 Å². The summed E-state index contributed by atoms with van der Waals surface area (Å²) in [5.74, 6) is 0.466. The molecule has 0 saturated carbocycles. The summed E-state index contributed by atoms with van der Waals surface area (Å²) in [6.07, 6.45) is 0.442. The van der Waals surface area contributed by atoms with E-state index in [2.05, 4.69) is 13.8 Å². The number of amides is 1. The average Bonchev–Trinajstić information content (AvgIpc) is 2.65. The first-order valence-corrected chi connectivity index (χ1v) is 6.71. The molecule has 0 saturated heterocycles. The molecular weight excluding hydrogens is 240 g/mol. The summed E-state index contributed by atoms with van der Waals surface area (Å²) >= 11 is 0. The van der Waals surface area contributed by atoms with Gasteiger partial charge in [0.05, 0.1) is 6.42 Å². The molecule has 0 radical (unpaired) electrons. The van der Waals surface area contributed by atoms with Gasteiger partial charge in [0.15, 0.2) is 0 Å². The number of carbonyl (C=O) groups excluding carboxylic acids is 1. The van der Waals surface area contributed by atoms with E-state index in [1.165, 1.54) is 0 Å². The molecule has 0 aromatic heterocycles. The van der Waals surface area contributed by atoms with Gasteiger partial charge in [-0.25, -0.2) is 0 Å². The van der Waals surface area contributed by atoms with Gasteiger partial charge in [-0.3, -0.25) is 4.79 Å². The molecule has 1 aliphatic rings. The smallest absolute Gasteiger partial charge is 0.231 e. The van der Waals surface area contributed by atoms with E-state index in [1.54, 1.807) is 11.9 Å². The Morgan fingerprint density at radius 2 is 2.11 bits per heavy atom. The van der Waals surface area contributed by atoms with Crippen LogP contribution in [0.5, 0.6) is 0 Å². The lowest BCUT2D eigenvalue weighted by Gasteiger charge is -2.26. The van der Waals surface area contributed by atoms with Crippen LogP contribution >= 0.6 is 0 Å². The van der Waals surface area contributed by atoms with E-state index in [-0.39, 0.29) is 24.5 Å². The molecule has 0 fully saturated rings. The van der Waals surface area contributed by atoms with Crippen LogP contribution in [-0.4, -0.2) is 24.7 Å². The van der Waals surface area contributed by atoms with Crippen LogP contribution in [0.2, 0.25) is 0 Å². The van der Waals surface area contributed by atoms with Crippen LogP contribution in [0.3, 0.4) is 0 Å². The van der Waals surface area contributed by atoms with E-state index >= 15 is 0 Å². The van der Waals surface area contributed by atoms with Crippen molar-refractivity contribution < 1.29 is 9.90 Å². The summed E-state index contributed by atoms with van der Waals surface area (Å²) in [6, 6.07) is 5.72. The highest BCUT2D eigenvalue weighted by Crippen LogP contribution is 2.32. The van der Waals surface area contributed by atoms with E-state index < -0.39 is 0 Å². The van der Waals surface area contributed by atoms with E-state index in [0.717, 1.165) is 16.8 Å². The molecule has 3 N–H and O–H groups in total. The zero-order chi connectivity index (χ0) is 14.2. The SMILES string of the molecule is CC(C)C(CO)C(N)c1ccc2c(c1)CC(=O)N2C. The predicted octanol–water partition coefficient (Wildman–Crippen LogP) is 1.47. The molecule has 0 spiro atoms. The van der Waals surface area contributed by atoms with Gasteiger partial charge >= 0.3 is 0 Å². The number of benzene rings is 1. The Morgan fingerprint density at radius 3 is 2.68 bits per heavy atom. The highest BCUT2D eigenvalue weighted by molar-refractivity contribution is 6.00. The highest BCUT2D eigenvalue weighted by atomic mass is 16.3. The molecule has 2 atom stereocenters. The summed E-state index contributed by atoms with van der Waals surface area (Å²) in [5.41, 5.74) is 9.24. The number of aliphatic hydroxyl groups is 1. The molecule has 1 aromatic rings. The Balaban J connectivity index is 2.28. The quantitative estimate of drug-likeness (QED) is 0.863. The van der Waals surface area contributed by atoms with Gasteiger partial charge in [0.1, 0.15) is 0 Å². The highest BCUT2D eigenvalue weighted by Gasteiger charge is 2.27. The molecule has 0 aliphatic carbocycles. The maximum Gasteiger partial charge on any atom is 0.231 e. The van der Waals surface area contributed by atoms with Gasteiger partial charge in [0.2, 0.25) is 5.91 Å². The minimum absolute atomic E-state index is 0.0351. The van der Waals surface area contributed by atoms with Gasteiger partial charge < -0.3 is 15.7 Å². The van der Waals surface area contributed by atoms with Crippen LogP contribution in [0.4, 0.5) is 5.69 Å². The van der Waals surface area contributed by atoms with Gasteiger partial charge in [-0.2, -0.15) is 0 Å². The summed E-state index contributed by atoms with van der Waals surface area (Å²) in [4.78, 5) is 13.3. The van der Waals surface area contributed by atoms with Gasteiger partial charge in [-0.15, -0.1) is 0 Å². The first kappa shape index (κ1) is 14.0. The molecule has 2 rings (SSSR count). The minimum atomic E-state index is -0.198. The number of anilines is 1. The summed E-state index contributed by atoms with van der Waals surface area (Å²) in [6.45, 7) is 4.20. The van der Waals surface area contributed by atoms with Crippen molar-refractivity contribution in [2.45, 2.75) is 26.3 Å². The molecule has 1 amide bonds. The third-order valence-corrected chi connectivity index (χ3v) is 4.09. The van der Waals surface area contributed by atoms with E-state index in [9.17, 15) is 9.90 Å². The van der Waals surface area contributed by atoms with Crippen LogP contribution in [0.1, 0.15) is 31.0 Å². The second-order valence-corrected chi connectivity index (χ2v) is 5.63. The van der Waals surface area contributed by atoms with Crippen molar-refractivity contribution in [3.63, 3.8) is 0 Å². The van der Waals surface area contributed by atoms with Gasteiger partial charge in [-0.1, -0.05) is 26.0 Å². The van der Waals surface area contributed by atoms with Gasteiger partial charge in [-0.05, 0) is 23.1 Å². The number of carbonyl (C=O) groups is 1. The summed E-state index contributed by atoms with van der Waals surface area (Å²) < 4.78 is 0. The fraction of sp³-hybridized carbons (Fsp3) is 0.533. The van der Waals surface area contributed by atoms with Crippen molar-refractivity contribution in [2.75, 3.05) is 18.6 Å². The van der Waals surface area contributed by atoms with Gasteiger partial charge in [0.25, 0.3) is 0 Å². The number of nitrogens with two attached hydrogens (primary N) is 1. The predicted molar refractivity (Wildman–Crippen MR) is 75.9 cm³/mol. The number of fused-ring (bicyclic) bond motifs is 1.